The highest BCUT2D eigenvalue weighted by Crippen LogP contribution is 2.30. The molecule has 0 radical (unpaired) electrons. The fraction of sp³-hybridized carbons (Fsp3) is 0.500. The van der Waals surface area contributed by atoms with Crippen LogP contribution in [0.1, 0.15) is 36.8 Å². The quantitative estimate of drug-likeness (QED) is 0.611. The fourth-order valence-corrected chi connectivity index (χ4v) is 3.23. The fourth-order valence-electron chi connectivity index (χ4n) is 3.23. The predicted molar refractivity (Wildman–Crippen MR) is 86.0 cm³/mol. The molecule has 2 aliphatic rings. The van der Waals surface area contributed by atoms with Crippen molar-refractivity contribution < 1.29 is 14.4 Å². The summed E-state index contributed by atoms with van der Waals surface area (Å²) < 4.78 is 0. The zero-order chi connectivity index (χ0) is 17.2. The van der Waals surface area contributed by atoms with Crippen molar-refractivity contribution in [1.29, 1.82) is 0 Å². The number of hydrogen-bond acceptors (Lipinski definition) is 4. The normalized spacial score (nSPS) is 26.0. The summed E-state index contributed by atoms with van der Waals surface area (Å²) in [6, 6.07) is 1.22. The molecular formula is C16H21N5O3. The SMILES string of the molecule is Cc1ccncc1CNC(=O)NC1CCC2(CC1)NC(=O)NC2=O. The van der Waals surface area contributed by atoms with E-state index in [0.29, 0.717) is 32.2 Å². The first-order valence-electron chi connectivity index (χ1n) is 8.06. The van der Waals surface area contributed by atoms with E-state index in [1.165, 1.54) is 0 Å². The summed E-state index contributed by atoms with van der Waals surface area (Å²) in [5, 5.41) is 10.7. The largest absolute Gasteiger partial charge is 0.335 e. The van der Waals surface area contributed by atoms with Gasteiger partial charge in [-0.3, -0.25) is 15.1 Å². The Labute approximate surface area is 139 Å². The molecule has 1 spiro atoms. The van der Waals surface area contributed by atoms with E-state index >= 15 is 0 Å². The molecule has 1 saturated carbocycles. The number of amides is 5. The third-order valence-corrected chi connectivity index (χ3v) is 4.78. The molecule has 5 amide bonds. The Bertz CT molecular complexity index is 667. The number of rotatable bonds is 3. The van der Waals surface area contributed by atoms with Crippen LogP contribution in [0, 0.1) is 6.92 Å². The lowest BCUT2D eigenvalue weighted by molar-refractivity contribution is -0.125. The number of carbonyl (C=O) groups excluding carboxylic acids is 3. The van der Waals surface area contributed by atoms with Gasteiger partial charge in [0.15, 0.2) is 0 Å². The molecule has 8 heteroatoms. The molecule has 8 nitrogen and oxygen atoms in total. The van der Waals surface area contributed by atoms with E-state index in [9.17, 15) is 14.4 Å². The second kappa shape index (κ2) is 6.46. The zero-order valence-electron chi connectivity index (χ0n) is 13.5. The lowest BCUT2D eigenvalue weighted by Crippen LogP contribution is -2.53. The van der Waals surface area contributed by atoms with Gasteiger partial charge in [0.25, 0.3) is 5.91 Å². The van der Waals surface area contributed by atoms with Crippen LogP contribution in [0.15, 0.2) is 18.5 Å². The van der Waals surface area contributed by atoms with Gasteiger partial charge in [-0.2, -0.15) is 0 Å². The lowest BCUT2D eigenvalue weighted by atomic mass is 9.79. The van der Waals surface area contributed by atoms with Gasteiger partial charge in [0, 0.05) is 25.0 Å². The van der Waals surface area contributed by atoms with Gasteiger partial charge >= 0.3 is 12.1 Å². The van der Waals surface area contributed by atoms with Gasteiger partial charge in [-0.15, -0.1) is 0 Å². The second-order valence-corrected chi connectivity index (χ2v) is 6.39. The van der Waals surface area contributed by atoms with Crippen molar-refractivity contribution in [2.75, 3.05) is 0 Å². The molecule has 128 valence electrons. The van der Waals surface area contributed by atoms with E-state index in [4.69, 9.17) is 0 Å². The third kappa shape index (κ3) is 3.32. The number of nitrogens with zero attached hydrogens (tertiary/aromatic N) is 1. The minimum absolute atomic E-state index is 0.00378. The van der Waals surface area contributed by atoms with Gasteiger partial charge in [-0.25, -0.2) is 9.59 Å². The number of hydrogen-bond donors (Lipinski definition) is 4. The molecule has 1 aromatic rings. The molecule has 2 heterocycles. The van der Waals surface area contributed by atoms with Crippen molar-refractivity contribution in [3.05, 3.63) is 29.6 Å². The Hall–Kier alpha value is -2.64. The second-order valence-electron chi connectivity index (χ2n) is 6.39. The minimum Gasteiger partial charge on any atom is -0.335 e. The Balaban J connectivity index is 1.46. The number of aromatic nitrogens is 1. The molecule has 3 rings (SSSR count). The van der Waals surface area contributed by atoms with Crippen LogP contribution in [0.4, 0.5) is 9.59 Å². The summed E-state index contributed by atoms with van der Waals surface area (Å²) in [5.74, 6) is -0.262. The maximum Gasteiger partial charge on any atom is 0.322 e. The number of pyridine rings is 1. The van der Waals surface area contributed by atoms with E-state index in [-0.39, 0.29) is 18.0 Å². The van der Waals surface area contributed by atoms with E-state index in [1.807, 2.05) is 13.0 Å². The Kier molecular flexibility index (Phi) is 4.37. The average Bonchev–Trinajstić information content (AvgIpc) is 2.83. The topological polar surface area (TPSA) is 112 Å². The Morgan fingerprint density at radius 3 is 2.75 bits per heavy atom. The average molecular weight is 331 g/mol. The smallest absolute Gasteiger partial charge is 0.322 e. The van der Waals surface area contributed by atoms with Crippen molar-refractivity contribution >= 4 is 18.0 Å². The van der Waals surface area contributed by atoms with Crippen LogP contribution in [-0.4, -0.2) is 34.5 Å². The highest BCUT2D eigenvalue weighted by Gasteiger charge is 2.48. The van der Waals surface area contributed by atoms with Crippen molar-refractivity contribution in [2.24, 2.45) is 0 Å². The molecule has 0 atom stereocenters. The summed E-state index contributed by atoms with van der Waals surface area (Å²) in [6.45, 7) is 2.39. The Morgan fingerprint density at radius 2 is 2.12 bits per heavy atom. The maximum absolute atomic E-state index is 12.0. The summed E-state index contributed by atoms with van der Waals surface area (Å²) in [6.07, 6.45) is 5.80. The van der Waals surface area contributed by atoms with Gasteiger partial charge in [0.05, 0.1) is 0 Å². The summed E-state index contributed by atoms with van der Waals surface area (Å²) in [5.41, 5.74) is 1.26. The van der Waals surface area contributed by atoms with Crippen LogP contribution < -0.4 is 21.3 Å². The van der Waals surface area contributed by atoms with E-state index in [0.717, 1.165) is 11.1 Å². The standard InChI is InChI=1S/C16H21N5O3/c1-10-4-7-17-8-11(10)9-18-14(23)19-12-2-5-16(6-3-12)13(22)20-15(24)21-16/h4,7-8,12H,2-3,5-6,9H2,1H3,(H2,18,19,23)(H2,20,21,22,24). The van der Waals surface area contributed by atoms with Gasteiger partial charge < -0.3 is 16.0 Å². The number of nitrogens with one attached hydrogen (secondary N) is 4. The third-order valence-electron chi connectivity index (χ3n) is 4.78. The minimum atomic E-state index is -0.793. The van der Waals surface area contributed by atoms with E-state index in [2.05, 4.69) is 26.3 Å². The van der Waals surface area contributed by atoms with Crippen LogP contribution in [0.25, 0.3) is 0 Å². The zero-order valence-corrected chi connectivity index (χ0v) is 13.5. The molecule has 1 aromatic heterocycles. The van der Waals surface area contributed by atoms with Crippen LogP contribution in [-0.2, 0) is 11.3 Å². The number of carbonyl (C=O) groups is 3. The summed E-state index contributed by atoms with van der Waals surface area (Å²) in [7, 11) is 0. The summed E-state index contributed by atoms with van der Waals surface area (Å²) >= 11 is 0. The van der Waals surface area contributed by atoms with Crippen molar-refractivity contribution in [3.8, 4) is 0 Å². The van der Waals surface area contributed by atoms with Gasteiger partial charge in [-0.05, 0) is 49.8 Å². The molecule has 4 N–H and O–H groups in total. The first kappa shape index (κ1) is 16.2. The van der Waals surface area contributed by atoms with Gasteiger partial charge in [0.1, 0.15) is 5.54 Å². The van der Waals surface area contributed by atoms with Crippen LogP contribution in [0.2, 0.25) is 0 Å². The number of imide groups is 1. The lowest BCUT2D eigenvalue weighted by Gasteiger charge is -2.34. The van der Waals surface area contributed by atoms with E-state index in [1.54, 1.807) is 12.4 Å². The molecule has 24 heavy (non-hydrogen) atoms. The molecular weight excluding hydrogens is 310 g/mol. The molecule has 1 aliphatic carbocycles. The first-order chi connectivity index (χ1) is 11.5. The molecule has 1 saturated heterocycles. The monoisotopic (exact) mass is 331 g/mol. The number of urea groups is 2. The predicted octanol–water partition coefficient (Wildman–Crippen LogP) is 0.710. The van der Waals surface area contributed by atoms with E-state index < -0.39 is 11.6 Å². The molecule has 0 unspecified atom stereocenters. The van der Waals surface area contributed by atoms with Crippen molar-refractivity contribution in [3.63, 3.8) is 0 Å². The molecule has 0 bridgehead atoms. The van der Waals surface area contributed by atoms with Crippen molar-refractivity contribution in [1.82, 2.24) is 26.3 Å². The maximum atomic E-state index is 12.0. The first-order valence-corrected chi connectivity index (χ1v) is 8.06. The molecule has 2 fully saturated rings. The highest BCUT2D eigenvalue weighted by molar-refractivity contribution is 6.07. The van der Waals surface area contributed by atoms with Gasteiger partial charge in [0.2, 0.25) is 0 Å². The van der Waals surface area contributed by atoms with Crippen molar-refractivity contribution in [2.45, 2.75) is 50.7 Å². The Morgan fingerprint density at radius 1 is 1.38 bits per heavy atom. The van der Waals surface area contributed by atoms with Crippen LogP contribution in [0.3, 0.4) is 0 Å². The molecule has 1 aliphatic heterocycles. The number of aryl methyl sites for hydroxylation is 1. The summed E-state index contributed by atoms with van der Waals surface area (Å²) in [4.78, 5) is 39.3. The highest BCUT2D eigenvalue weighted by atomic mass is 16.2. The molecule has 0 aromatic carbocycles. The van der Waals surface area contributed by atoms with Crippen LogP contribution >= 0.6 is 0 Å². The van der Waals surface area contributed by atoms with Crippen LogP contribution in [0.5, 0.6) is 0 Å². The van der Waals surface area contributed by atoms with Gasteiger partial charge in [-0.1, -0.05) is 0 Å².